The summed E-state index contributed by atoms with van der Waals surface area (Å²) in [6, 6.07) is 1.79. The predicted octanol–water partition coefficient (Wildman–Crippen LogP) is 0.113. The van der Waals surface area contributed by atoms with Gasteiger partial charge in [-0.15, -0.1) is 5.10 Å². The Morgan fingerprint density at radius 3 is 2.87 bits per heavy atom. The number of nitrogens with zero attached hydrogens (tertiary/aromatic N) is 5. The van der Waals surface area contributed by atoms with Crippen molar-refractivity contribution in [3.05, 3.63) is 29.8 Å². The first kappa shape index (κ1) is 9.85. The third-order valence-electron chi connectivity index (χ3n) is 2.36. The van der Waals surface area contributed by atoms with E-state index in [0.29, 0.717) is 5.69 Å². The molecule has 0 radical (unpaired) electrons. The van der Waals surface area contributed by atoms with Gasteiger partial charge in [-0.25, -0.2) is 4.68 Å². The first-order chi connectivity index (χ1) is 7.24. The van der Waals surface area contributed by atoms with Gasteiger partial charge in [0.25, 0.3) is 0 Å². The topological polar surface area (TPSA) is 68.8 Å². The van der Waals surface area contributed by atoms with Crippen molar-refractivity contribution >= 4 is 0 Å². The Bertz CT molecular complexity index is 447. The highest BCUT2D eigenvalue weighted by Crippen LogP contribution is 2.19. The number of rotatable bonds is 3. The van der Waals surface area contributed by atoms with Crippen LogP contribution in [0.5, 0.6) is 0 Å². The van der Waals surface area contributed by atoms with Gasteiger partial charge in [0.15, 0.2) is 0 Å². The fourth-order valence-electron chi connectivity index (χ4n) is 1.54. The van der Waals surface area contributed by atoms with Crippen LogP contribution >= 0.6 is 0 Å². The van der Waals surface area contributed by atoms with Gasteiger partial charge in [0.1, 0.15) is 6.10 Å². The largest absolute Gasteiger partial charge is 0.380 e. The maximum atomic E-state index is 10.1. The Kier molecular flexibility index (Phi) is 2.51. The van der Waals surface area contributed by atoms with Gasteiger partial charge in [0.05, 0.1) is 17.6 Å². The van der Waals surface area contributed by atoms with Crippen LogP contribution in [0.1, 0.15) is 24.4 Å². The molecule has 0 aliphatic heterocycles. The van der Waals surface area contributed by atoms with Crippen LogP contribution in [0.25, 0.3) is 0 Å². The quantitative estimate of drug-likeness (QED) is 0.775. The van der Waals surface area contributed by atoms with Crippen LogP contribution in [0.3, 0.4) is 0 Å². The molecule has 80 valence electrons. The molecular weight excluding hydrogens is 194 g/mol. The minimum Gasteiger partial charge on any atom is -0.380 e. The maximum absolute atomic E-state index is 10.1. The molecule has 0 amide bonds. The zero-order valence-electron chi connectivity index (χ0n) is 8.70. The molecule has 0 saturated carbocycles. The number of hydrogen-bond donors (Lipinski definition) is 1. The lowest BCUT2D eigenvalue weighted by Crippen LogP contribution is -2.12. The number of hydrogen-bond acceptors (Lipinski definition) is 4. The Morgan fingerprint density at radius 2 is 2.27 bits per heavy atom. The lowest BCUT2D eigenvalue weighted by molar-refractivity contribution is 0.198. The van der Waals surface area contributed by atoms with Crippen LogP contribution in [-0.2, 0) is 13.6 Å². The smallest absolute Gasteiger partial charge is 0.139 e. The van der Waals surface area contributed by atoms with E-state index in [4.69, 9.17) is 0 Å². The Labute approximate surface area is 87.1 Å². The summed E-state index contributed by atoms with van der Waals surface area (Å²) in [6.07, 6.45) is 2.50. The van der Waals surface area contributed by atoms with E-state index >= 15 is 0 Å². The molecule has 0 bridgehead atoms. The van der Waals surface area contributed by atoms with Crippen molar-refractivity contribution in [1.82, 2.24) is 24.8 Å². The summed E-state index contributed by atoms with van der Waals surface area (Å²) < 4.78 is 3.30. The average molecular weight is 207 g/mol. The summed E-state index contributed by atoms with van der Waals surface area (Å²) in [7, 11) is 1.75. The van der Waals surface area contributed by atoms with Gasteiger partial charge in [-0.1, -0.05) is 5.21 Å². The SMILES string of the molecule is CCn1nccc1C(O)c1cnnn1C. The molecule has 0 spiro atoms. The van der Waals surface area contributed by atoms with Crippen LogP contribution in [0.2, 0.25) is 0 Å². The van der Waals surface area contributed by atoms with Crippen LogP contribution in [-0.4, -0.2) is 29.9 Å². The van der Waals surface area contributed by atoms with Crippen molar-refractivity contribution < 1.29 is 5.11 Å². The fourth-order valence-corrected chi connectivity index (χ4v) is 1.54. The Morgan fingerprint density at radius 1 is 1.47 bits per heavy atom. The monoisotopic (exact) mass is 207 g/mol. The second-order valence-electron chi connectivity index (χ2n) is 3.26. The van der Waals surface area contributed by atoms with Crippen molar-refractivity contribution in [2.45, 2.75) is 19.6 Å². The molecule has 0 fully saturated rings. The maximum Gasteiger partial charge on any atom is 0.139 e. The molecule has 1 atom stereocenters. The van der Waals surface area contributed by atoms with E-state index in [1.54, 1.807) is 34.9 Å². The fraction of sp³-hybridized carbons (Fsp3) is 0.444. The summed E-state index contributed by atoms with van der Waals surface area (Å²) in [6.45, 7) is 2.70. The van der Waals surface area contributed by atoms with E-state index in [1.165, 1.54) is 0 Å². The van der Waals surface area contributed by atoms with Gasteiger partial charge in [0.2, 0.25) is 0 Å². The Balaban J connectivity index is 2.36. The van der Waals surface area contributed by atoms with Crippen LogP contribution in [0.4, 0.5) is 0 Å². The number of aromatic nitrogens is 5. The molecule has 6 heteroatoms. The molecule has 0 aliphatic carbocycles. The summed E-state index contributed by atoms with van der Waals surface area (Å²) in [5.74, 6) is 0. The van der Waals surface area contributed by atoms with E-state index in [9.17, 15) is 5.11 Å². The van der Waals surface area contributed by atoms with Gasteiger partial charge < -0.3 is 5.11 Å². The minimum absolute atomic E-state index is 0.658. The molecule has 0 aromatic carbocycles. The molecule has 1 N–H and O–H groups in total. The molecule has 6 nitrogen and oxygen atoms in total. The lowest BCUT2D eigenvalue weighted by Gasteiger charge is -2.11. The van der Waals surface area contributed by atoms with Crippen LogP contribution in [0, 0.1) is 0 Å². The third kappa shape index (κ3) is 1.63. The first-order valence-electron chi connectivity index (χ1n) is 4.78. The first-order valence-corrected chi connectivity index (χ1v) is 4.78. The van der Waals surface area contributed by atoms with Crippen LogP contribution < -0.4 is 0 Å². The highest BCUT2D eigenvalue weighted by molar-refractivity contribution is 5.16. The van der Waals surface area contributed by atoms with Gasteiger partial charge in [-0.2, -0.15) is 5.10 Å². The van der Waals surface area contributed by atoms with Crippen molar-refractivity contribution in [2.24, 2.45) is 7.05 Å². The normalized spacial score (nSPS) is 13.0. The third-order valence-corrected chi connectivity index (χ3v) is 2.36. The number of aliphatic hydroxyl groups is 1. The standard InChI is InChI=1S/C9H13N5O/c1-3-14-7(4-5-11-14)9(15)8-6-10-12-13(8)2/h4-6,9,15H,3H2,1-2H3. The molecule has 2 heterocycles. The zero-order valence-corrected chi connectivity index (χ0v) is 8.70. The summed E-state index contributed by atoms with van der Waals surface area (Å²) >= 11 is 0. The number of aryl methyl sites for hydroxylation is 2. The number of aliphatic hydroxyl groups excluding tert-OH is 1. The molecule has 0 aliphatic rings. The van der Waals surface area contributed by atoms with Gasteiger partial charge in [-0.3, -0.25) is 4.68 Å². The molecule has 2 rings (SSSR count). The highest BCUT2D eigenvalue weighted by Gasteiger charge is 2.18. The van der Waals surface area contributed by atoms with E-state index < -0.39 is 6.10 Å². The summed E-state index contributed by atoms with van der Waals surface area (Å²) in [5.41, 5.74) is 1.41. The van der Waals surface area contributed by atoms with Gasteiger partial charge in [0, 0.05) is 19.8 Å². The second kappa shape index (κ2) is 3.82. The highest BCUT2D eigenvalue weighted by atomic mass is 16.3. The van der Waals surface area contributed by atoms with Crippen molar-refractivity contribution in [3.63, 3.8) is 0 Å². The molecule has 2 aromatic rings. The molecule has 1 unspecified atom stereocenters. The minimum atomic E-state index is -0.729. The summed E-state index contributed by atoms with van der Waals surface area (Å²) in [5, 5.41) is 21.7. The van der Waals surface area contributed by atoms with Crippen molar-refractivity contribution in [3.8, 4) is 0 Å². The second-order valence-corrected chi connectivity index (χ2v) is 3.26. The van der Waals surface area contributed by atoms with E-state index in [0.717, 1.165) is 12.2 Å². The molecule has 15 heavy (non-hydrogen) atoms. The molecule has 2 aromatic heterocycles. The van der Waals surface area contributed by atoms with Crippen LogP contribution in [0.15, 0.2) is 18.5 Å². The zero-order chi connectivity index (χ0) is 10.8. The molecule has 0 saturated heterocycles. The lowest BCUT2D eigenvalue weighted by atomic mass is 10.2. The van der Waals surface area contributed by atoms with Gasteiger partial charge in [-0.05, 0) is 13.0 Å². The molecular formula is C9H13N5O. The van der Waals surface area contributed by atoms with Crippen molar-refractivity contribution in [2.75, 3.05) is 0 Å². The van der Waals surface area contributed by atoms with E-state index in [-0.39, 0.29) is 0 Å². The van der Waals surface area contributed by atoms with Crippen molar-refractivity contribution in [1.29, 1.82) is 0 Å². The summed E-state index contributed by atoms with van der Waals surface area (Å²) in [4.78, 5) is 0. The average Bonchev–Trinajstić information content (AvgIpc) is 2.84. The van der Waals surface area contributed by atoms with E-state index in [1.807, 2.05) is 6.92 Å². The Hall–Kier alpha value is -1.69. The predicted molar refractivity (Wildman–Crippen MR) is 53.0 cm³/mol. The van der Waals surface area contributed by atoms with Gasteiger partial charge >= 0.3 is 0 Å². The van der Waals surface area contributed by atoms with E-state index in [2.05, 4.69) is 15.4 Å².